The predicted molar refractivity (Wildman–Crippen MR) is 81.2 cm³/mol. The highest BCUT2D eigenvalue weighted by molar-refractivity contribution is 5.78. The standard InChI is InChI=1S/C16H32N2O/c1-5-7-8-11-16(3,4)13-17-12-15(19)18(6-2)14-9-10-14/h14,17H,5-13H2,1-4H3. The molecule has 3 nitrogen and oxygen atoms in total. The van der Waals surface area contributed by atoms with Crippen LogP contribution >= 0.6 is 0 Å². The summed E-state index contributed by atoms with van der Waals surface area (Å²) in [4.78, 5) is 14.1. The first kappa shape index (κ1) is 16.5. The number of rotatable bonds is 10. The zero-order valence-electron chi connectivity index (χ0n) is 13.3. The lowest BCUT2D eigenvalue weighted by Crippen LogP contribution is -2.41. The molecule has 0 aromatic rings. The largest absolute Gasteiger partial charge is 0.339 e. The summed E-state index contributed by atoms with van der Waals surface area (Å²) in [5.74, 6) is 0.273. The van der Waals surface area contributed by atoms with Crippen LogP contribution < -0.4 is 5.32 Å². The third-order valence-electron chi connectivity index (χ3n) is 3.99. The summed E-state index contributed by atoms with van der Waals surface area (Å²) in [7, 11) is 0. The molecule has 1 N–H and O–H groups in total. The van der Waals surface area contributed by atoms with Crippen LogP contribution in [0.1, 0.15) is 66.2 Å². The molecule has 0 spiro atoms. The SMILES string of the molecule is CCCCCC(C)(C)CNCC(=O)N(CC)C1CC1. The number of carbonyl (C=O) groups is 1. The molecule has 0 aromatic heterocycles. The van der Waals surface area contributed by atoms with E-state index in [0.717, 1.165) is 13.1 Å². The van der Waals surface area contributed by atoms with Gasteiger partial charge < -0.3 is 10.2 Å². The second-order valence-electron chi connectivity index (χ2n) is 6.64. The summed E-state index contributed by atoms with van der Waals surface area (Å²) in [5.41, 5.74) is 0.298. The Morgan fingerprint density at radius 1 is 1.26 bits per heavy atom. The van der Waals surface area contributed by atoms with Gasteiger partial charge in [0.05, 0.1) is 6.54 Å². The van der Waals surface area contributed by atoms with Crippen molar-refractivity contribution in [2.24, 2.45) is 5.41 Å². The number of carbonyl (C=O) groups excluding carboxylic acids is 1. The topological polar surface area (TPSA) is 32.3 Å². The summed E-state index contributed by atoms with van der Waals surface area (Å²) >= 11 is 0. The number of likely N-dealkylation sites (N-methyl/N-ethyl adjacent to an activating group) is 1. The van der Waals surface area contributed by atoms with Crippen LogP contribution in [-0.4, -0.2) is 36.5 Å². The van der Waals surface area contributed by atoms with Crippen LogP contribution in [0, 0.1) is 5.41 Å². The van der Waals surface area contributed by atoms with Gasteiger partial charge in [-0.25, -0.2) is 0 Å². The van der Waals surface area contributed by atoms with Gasteiger partial charge in [-0.2, -0.15) is 0 Å². The molecule has 0 atom stereocenters. The molecule has 0 saturated heterocycles. The Hall–Kier alpha value is -0.570. The van der Waals surface area contributed by atoms with Gasteiger partial charge in [0.1, 0.15) is 0 Å². The van der Waals surface area contributed by atoms with Crippen molar-refractivity contribution in [2.75, 3.05) is 19.6 Å². The summed E-state index contributed by atoms with van der Waals surface area (Å²) in [6.45, 7) is 11.2. The fourth-order valence-corrected chi connectivity index (χ4v) is 2.58. The Balaban J connectivity index is 2.18. The van der Waals surface area contributed by atoms with Crippen LogP contribution in [0.3, 0.4) is 0 Å². The smallest absolute Gasteiger partial charge is 0.236 e. The summed E-state index contributed by atoms with van der Waals surface area (Å²) < 4.78 is 0. The van der Waals surface area contributed by atoms with E-state index in [-0.39, 0.29) is 5.91 Å². The van der Waals surface area contributed by atoms with Crippen molar-refractivity contribution in [3.05, 3.63) is 0 Å². The Kier molecular flexibility index (Phi) is 6.84. The van der Waals surface area contributed by atoms with Crippen LogP contribution in [0.4, 0.5) is 0 Å². The van der Waals surface area contributed by atoms with Gasteiger partial charge in [0.2, 0.25) is 5.91 Å². The van der Waals surface area contributed by atoms with E-state index in [2.05, 4.69) is 33.0 Å². The maximum absolute atomic E-state index is 12.1. The highest BCUT2D eigenvalue weighted by Crippen LogP contribution is 2.26. The van der Waals surface area contributed by atoms with Crippen LogP contribution in [-0.2, 0) is 4.79 Å². The number of hydrogen-bond donors (Lipinski definition) is 1. The van der Waals surface area contributed by atoms with E-state index in [4.69, 9.17) is 0 Å². The maximum Gasteiger partial charge on any atom is 0.236 e. The number of nitrogens with zero attached hydrogens (tertiary/aromatic N) is 1. The first-order chi connectivity index (χ1) is 9.00. The van der Waals surface area contributed by atoms with Crippen molar-refractivity contribution >= 4 is 5.91 Å². The van der Waals surface area contributed by atoms with Crippen molar-refractivity contribution in [1.29, 1.82) is 0 Å². The van der Waals surface area contributed by atoms with E-state index in [1.165, 1.54) is 38.5 Å². The van der Waals surface area contributed by atoms with Crippen molar-refractivity contribution < 1.29 is 4.79 Å². The van der Waals surface area contributed by atoms with Crippen molar-refractivity contribution in [2.45, 2.75) is 72.3 Å². The average Bonchev–Trinajstić information content (AvgIpc) is 3.14. The highest BCUT2D eigenvalue weighted by atomic mass is 16.2. The third-order valence-corrected chi connectivity index (χ3v) is 3.99. The average molecular weight is 268 g/mol. The predicted octanol–water partition coefficient (Wildman–Crippen LogP) is 3.19. The number of unbranched alkanes of at least 4 members (excludes halogenated alkanes) is 2. The van der Waals surface area contributed by atoms with Gasteiger partial charge in [0.25, 0.3) is 0 Å². The summed E-state index contributed by atoms with van der Waals surface area (Å²) in [6, 6.07) is 0.539. The lowest BCUT2D eigenvalue weighted by atomic mass is 9.87. The van der Waals surface area contributed by atoms with Crippen LogP contribution in [0.15, 0.2) is 0 Å². The van der Waals surface area contributed by atoms with E-state index in [1.807, 2.05) is 4.90 Å². The van der Waals surface area contributed by atoms with E-state index < -0.39 is 0 Å². The zero-order chi connectivity index (χ0) is 14.3. The fraction of sp³-hybridized carbons (Fsp3) is 0.938. The molecule has 0 bridgehead atoms. The molecule has 0 aromatic carbocycles. The van der Waals surface area contributed by atoms with Gasteiger partial charge in [-0.3, -0.25) is 4.79 Å². The van der Waals surface area contributed by atoms with E-state index in [9.17, 15) is 4.79 Å². The van der Waals surface area contributed by atoms with Gasteiger partial charge in [0, 0.05) is 19.1 Å². The molecule has 0 radical (unpaired) electrons. The molecular weight excluding hydrogens is 236 g/mol. The van der Waals surface area contributed by atoms with Crippen molar-refractivity contribution in [3.63, 3.8) is 0 Å². The number of amides is 1. The number of nitrogens with one attached hydrogen (secondary N) is 1. The second-order valence-corrected chi connectivity index (χ2v) is 6.64. The van der Waals surface area contributed by atoms with E-state index in [1.54, 1.807) is 0 Å². The molecular formula is C16H32N2O. The molecule has 1 rings (SSSR count). The summed E-state index contributed by atoms with van der Waals surface area (Å²) in [6.07, 6.45) is 7.51. The molecule has 1 aliphatic rings. The maximum atomic E-state index is 12.1. The van der Waals surface area contributed by atoms with Gasteiger partial charge in [-0.05, 0) is 31.6 Å². The molecule has 1 saturated carbocycles. The molecule has 3 heteroatoms. The quantitative estimate of drug-likeness (QED) is 0.617. The van der Waals surface area contributed by atoms with E-state index >= 15 is 0 Å². The molecule has 0 unspecified atom stereocenters. The molecule has 1 aliphatic carbocycles. The molecule has 0 heterocycles. The monoisotopic (exact) mass is 268 g/mol. The lowest BCUT2D eigenvalue weighted by molar-refractivity contribution is -0.130. The fourth-order valence-electron chi connectivity index (χ4n) is 2.58. The lowest BCUT2D eigenvalue weighted by Gasteiger charge is -2.26. The normalized spacial score (nSPS) is 15.6. The molecule has 1 fully saturated rings. The Morgan fingerprint density at radius 3 is 2.47 bits per heavy atom. The third kappa shape index (κ3) is 6.42. The van der Waals surface area contributed by atoms with Crippen LogP contribution in [0.5, 0.6) is 0 Å². The van der Waals surface area contributed by atoms with Gasteiger partial charge >= 0.3 is 0 Å². The van der Waals surface area contributed by atoms with Crippen molar-refractivity contribution in [3.8, 4) is 0 Å². The van der Waals surface area contributed by atoms with Gasteiger partial charge in [0.15, 0.2) is 0 Å². The highest BCUT2D eigenvalue weighted by Gasteiger charge is 2.31. The van der Waals surface area contributed by atoms with Gasteiger partial charge in [-0.15, -0.1) is 0 Å². The minimum atomic E-state index is 0.273. The molecule has 0 aliphatic heterocycles. The minimum Gasteiger partial charge on any atom is -0.339 e. The minimum absolute atomic E-state index is 0.273. The zero-order valence-corrected chi connectivity index (χ0v) is 13.3. The number of hydrogen-bond acceptors (Lipinski definition) is 2. The van der Waals surface area contributed by atoms with Gasteiger partial charge in [-0.1, -0.05) is 40.0 Å². The Bertz CT molecular complexity index is 272. The molecule has 19 heavy (non-hydrogen) atoms. The first-order valence-electron chi connectivity index (χ1n) is 8.00. The Morgan fingerprint density at radius 2 is 1.95 bits per heavy atom. The van der Waals surface area contributed by atoms with E-state index in [0.29, 0.717) is 18.0 Å². The molecule has 1 amide bonds. The van der Waals surface area contributed by atoms with Crippen molar-refractivity contribution in [1.82, 2.24) is 10.2 Å². The first-order valence-corrected chi connectivity index (χ1v) is 8.00. The second kappa shape index (κ2) is 7.88. The summed E-state index contributed by atoms with van der Waals surface area (Å²) in [5, 5.41) is 3.36. The van der Waals surface area contributed by atoms with Crippen LogP contribution in [0.25, 0.3) is 0 Å². The van der Waals surface area contributed by atoms with Crippen LogP contribution in [0.2, 0.25) is 0 Å². The molecule has 112 valence electrons. The Labute approximate surface area is 119 Å².